The first-order chi connectivity index (χ1) is 17.5. The third-order valence-electron chi connectivity index (χ3n) is 5.86. The van der Waals surface area contributed by atoms with Crippen molar-refractivity contribution >= 4 is 39.5 Å². The van der Waals surface area contributed by atoms with Gasteiger partial charge in [-0.3, -0.25) is 20.4 Å². The molecule has 0 atom stereocenters. The van der Waals surface area contributed by atoms with Crippen LogP contribution in [0.1, 0.15) is 27.3 Å². The first kappa shape index (κ1) is 23.2. The second-order valence-electron chi connectivity index (χ2n) is 8.56. The summed E-state index contributed by atoms with van der Waals surface area (Å²) in [6.07, 6.45) is 2.40. The summed E-state index contributed by atoms with van der Waals surface area (Å²) >= 11 is 0. The average molecular weight is 481 g/mol. The number of hydrogen-bond acceptors (Lipinski definition) is 4. The van der Waals surface area contributed by atoms with Crippen LogP contribution in [0.5, 0.6) is 0 Å². The first-order valence-corrected chi connectivity index (χ1v) is 11.6. The smallest absolute Gasteiger partial charge is 0.258 e. The van der Waals surface area contributed by atoms with Gasteiger partial charge in [-0.15, -0.1) is 0 Å². The Morgan fingerprint density at radius 3 is 2.58 bits per heavy atom. The van der Waals surface area contributed by atoms with E-state index in [1.165, 1.54) is 12.1 Å². The number of nitrogens with one attached hydrogen (secondary N) is 3. The normalized spacial score (nSPS) is 11.7. The molecule has 0 aliphatic heterocycles. The summed E-state index contributed by atoms with van der Waals surface area (Å²) in [4.78, 5) is 29.9. The van der Waals surface area contributed by atoms with E-state index in [4.69, 9.17) is 0 Å². The van der Waals surface area contributed by atoms with Gasteiger partial charge >= 0.3 is 0 Å². The van der Waals surface area contributed by atoms with Crippen LogP contribution >= 0.6 is 0 Å². The molecular weight excluding hydrogens is 455 g/mol. The molecule has 2 heterocycles. The van der Waals surface area contributed by atoms with E-state index in [2.05, 4.69) is 30.6 Å². The highest BCUT2D eigenvalue weighted by atomic mass is 19.1. The van der Waals surface area contributed by atoms with Gasteiger partial charge in [-0.25, -0.2) is 14.4 Å². The highest BCUT2D eigenvalue weighted by Crippen LogP contribution is 2.20. The molecular formula is C28H25FN6O. The molecule has 0 saturated carbocycles. The lowest BCUT2D eigenvalue weighted by molar-refractivity contribution is 0.0978. The standard InChI is InChI=1S/C28H25FN6O/c1-17-14-18(2)33-28(32-17)35-27(30-13-12-20-16-31-25-11-10-21(29)15-24(20)25)34-26(36)23-9-5-7-19-6-3-4-8-22(19)23/h3-11,14-16,31H,12-13H2,1-2H3,(H2,30,32,33,34,35,36). The second kappa shape index (κ2) is 9.95. The maximum atomic E-state index is 13.8. The van der Waals surface area contributed by atoms with Crippen molar-refractivity contribution in [2.75, 3.05) is 11.9 Å². The van der Waals surface area contributed by atoms with Crippen LogP contribution in [0.25, 0.3) is 21.7 Å². The Morgan fingerprint density at radius 2 is 1.75 bits per heavy atom. The molecule has 180 valence electrons. The molecule has 0 spiro atoms. The number of carbonyl (C=O) groups is 1. The molecule has 36 heavy (non-hydrogen) atoms. The fraction of sp³-hybridized carbons (Fsp3) is 0.143. The second-order valence-corrected chi connectivity index (χ2v) is 8.56. The van der Waals surface area contributed by atoms with Crippen molar-refractivity contribution in [1.82, 2.24) is 20.3 Å². The summed E-state index contributed by atoms with van der Waals surface area (Å²) in [5, 5.41) is 8.59. The minimum atomic E-state index is -0.295. The lowest BCUT2D eigenvalue weighted by Gasteiger charge is -2.13. The minimum absolute atomic E-state index is 0.240. The fourth-order valence-corrected chi connectivity index (χ4v) is 4.24. The van der Waals surface area contributed by atoms with E-state index in [-0.39, 0.29) is 17.7 Å². The van der Waals surface area contributed by atoms with Gasteiger partial charge in [0.1, 0.15) is 5.82 Å². The summed E-state index contributed by atoms with van der Waals surface area (Å²) in [5.74, 6) is 0.00250. The van der Waals surface area contributed by atoms with E-state index >= 15 is 0 Å². The van der Waals surface area contributed by atoms with Crippen LogP contribution in [0.2, 0.25) is 0 Å². The number of halogens is 1. The van der Waals surface area contributed by atoms with Gasteiger partial charge in [0.2, 0.25) is 11.9 Å². The monoisotopic (exact) mass is 480 g/mol. The highest BCUT2D eigenvalue weighted by Gasteiger charge is 2.14. The molecule has 5 aromatic rings. The topological polar surface area (TPSA) is 95.1 Å². The minimum Gasteiger partial charge on any atom is -0.361 e. The van der Waals surface area contributed by atoms with E-state index in [1.54, 1.807) is 12.1 Å². The van der Waals surface area contributed by atoms with Crippen molar-refractivity contribution in [3.63, 3.8) is 0 Å². The Bertz CT molecular complexity index is 1580. The number of carbonyl (C=O) groups excluding carboxylic acids is 1. The highest BCUT2D eigenvalue weighted by molar-refractivity contribution is 6.14. The van der Waals surface area contributed by atoms with Gasteiger partial charge in [-0.1, -0.05) is 36.4 Å². The van der Waals surface area contributed by atoms with Gasteiger partial charge in [0.15, 0.2) is 0 Å². The van der Waals surface area contributed by atoms with Crippen molar-refractivity contribution in [1.29, 1.82) is 0 Å². The SMILES string of the molecule is Cc1cc(C)nc(NC(=NCCc2c[nH]c3ccc(F)cc23)NC(=O)c2cccc3ccccc23)n1. The molecule has 0 bridgehead atoms. The van der Waals surface area contributed by atoms with E-state index in [1.807, 2.05) is 62.5 Å². The van der Waals surface area contributed by atoms with E-state index in [0.717, 1.165) is 38.6 Å². The third-order valence-corrected chi connectivity index (χ3v) is 5.86. The molecule has 2 aromatic heterocycles. The number of aromatic amines is 1. The quantitative estimate of drug-likeness (QED) is 0.235. The summed E-state index contributed by atoms with van der Waals surface area (Å²) in [6.45, 7) is 4.11. The lowest BCUT2D eigenvalue weighted by Crippen LogP contribution is -2.37. The van der Waals surface area contributed by atoms with Crippen LogP contribution in [-0.4, -0.2) is 33.4 Å². The number of fused-ring (bicyclic) bond motifs is 2. The van der Waals surface area contributed by atoms with Gasteiger partial charge in [0.05, 0.1) is 0 Å². The molecule has 0 radical (unpaired) electrons. The summed E-state index contributed by atoms with van der Waals surface area (Å²) in [6, 6.07) is 19.8. The molecule has 5 rings (SSSR count). The van der Waals surface area contributed by atoms with E-state index < -0.39 is 0 Å². The molecule has 0 aliphatic rings. The van der Waals surface area contributed by atoms with Crippen molar-refractivity contribution < 1.29 is 9.18 Å². The van der Waals surface area contributed by atoms with Crippen molar-refractivity contribution in [3.05, 3.63) is 101 Å². The van der Waals surface area contributed by atoms with Gasteiger partial charge in [0.25, 0.3) is 5.91 Å². The molecule has 1 amide bonds. The van der Waals surface area contributed by atoms with Gasteiger partial charge in [-0.2, -0.15) is 0 Å². The maximum Gasteiger partial charge on any atom is 0.258 e. The molecule has 0 fully saturated rings. The zero-order valence-corrected chi connectivity index (χ0v) is 20.0. The van der Waals surface area contributed by atoms with Gasteiger partial charge in [-0.05, 0) is 66.9 Å². The van der Waals surface area contributed by atoms with Crippen molar-refractivity contribution in [3.8, 4) is 0 Å². The number of aliphatic imine (C=N–C) groups is 1. The largest absolute Gasteiger partial charge is 0.361 e. The van der Waals surface area contributed by atoms with Crippen molar-refractivity contribution in [2.24, 2.45) is 4.99 Å². The first-order valence-electron chi connectivity index (χ1n) is 11.6. The van der Waals surface area contributed by atoms with Crippen LogP contribution in [0.4, 0.5) is 10.3 Å². The number of aromatic nitrogens is 3. The Balaban J connectivity index is 1.41. The van der Waals surface area contributed by atoms with E-state index in [9.17, 15) is 9.18 Å². The van der Waals surface area contributed by atoms with Gasteiger partial charge < -0.3 is 4.98 Å². The zero-order valence-electron chi connectivity index (χ0n) is 20.0. The predicted octanol–water partition coefficient (Wildman–Crippen LogP) is 5.31. The number of rotatable bonds is 5. The number of benzene rings is 3. The summed E-state index contributed by atoms with van der Waals surface area (Å²) < 4.78 is 13.8. The molecule has 3 aromatic carbocycles. The lowest BCUT2D eigenvalue weighted by atomic mass is 10.0. The molecule has 3 N–H and O–H groups in total. The molecule has 0 saturated heterocycles. The van der Waals surface area contributed by atoms with E-state index in [0.29, 0.717) is 24.5 Å². The zero-order chi connectivity index (χ0) is 25.1. The van der Waals surface area contributed by atoms with Crippen molar-refractivity contribution in [2.45, 2.75) is 20.3 Å². The summed E-state index contributed by atoms with van der Waals surface area (Å²) in [5.41, 5.74) is 3.93. The molecule has 7 nitrogen and oxygen atoms in total. The third kappa shape index (κ3) is 5.07. The summed E-state index contributed by atoms with van der Waals surface area (Å²) in [7, 11) is 0. The Labute approximate surface area is 207 Å². The number of H-pyrrole nitrogens is 1. The Morgan fingerprint density at radius 1 is 0.972 bits per heavy atom. The number of anilines is 1. The average Bonchev–Trinajstić information content (AvgIpc) is 3.25. The number of aryl methyl sites for hydroxylation is 2. The molecule has 0 unspecified atom stereocenters. The maximum absolute atomic E-state index is 13.8. The Hall–Kier alpha value is -4.59. The number of guanidine groups is 1. The van der Waals surface area contributed by atoms with Crippen LogP contribution in [0.15, 0.2) is 77.9 Å². The van der Waals surface area contributed by atoms with Crippen LogP contribution < -0.4 is 10.6 Å². The van der Waals surface area contributed by atoms with Gasteiger partial charge in [0, 0.05) is 40.6 Å². The van der Waals surface area contributed by atoms with Crippen LogP contribution in [0.3, 0.4) is 0 Å². The number of nitrogens with zero attached hydrogens (tertiary/aromatic N) is 3. The molecule has 0 aliphatic carbocycles. The fourth-order valence-electron chi connectivity index (χ4n) is 4.24. The predicted molar refractivity (Wildman–Crippen MR) is 141 cm³/mol. The number of amides is 1. The van der Waals surface area contributed by atoms with Crippen LogP contribution in [0, 0.1) is 19.7 Å². The molecule has 8 heteroatoms. The number of hydrogen-bond donors (Lipinski definition) is 3. The Kier molecular flexibility index (Phi) is 6.40. The van der Waals surface area contributed by atoms with Crippen LogP contribution in [-0.2, 0) is 6.42 Å².